The Kier molecular flexibility index (Phi) is 16.2. The van der Waals surface area contributed by atoms with Gasteiger partial charge in [0.15, 0.2) is 0 Å². The molecule has 0 aliphatic heterocycles. The number of hydrogen-bond donors (Lipinski definition) is 3. The maximum absolute atomic E-state index is 8.99. The first kappa shape index (κ1) is 20.9. The molecule has 3 heteroatoms. The summed E-state index contributed by atoms with van der Waals surface area (Å²) < 4.78 is 0. The van der Waals surface area contributed by atoms with Crippen molar-refractivity contribution in [2.75, 3.05) is 19.7 Å². The van der Waals surface area contributed by atoms with E-state index in [0.717, 1.165) is 13.1 Å². The van der Waals surface area contributed by atoms with Crippen molar-refractivity contribution < 1.29 is 5.11 Å². The summed E-state index contributed by atoms with van der Waals surface area (Å²) in [6.07, 6.45) is 13.5. The molecule has 0 aromatic carbocycles. The smallest absolute Gasteiger partial charge is 0.0581 e. The third kappa shape index (κ3) is 14.6. The minimum atomic E-state index is 0.208. The molecule has 0 amide bonds. The predicted octanol–water partition coefficient (Wildman–Crippen LogP) is 3.86. The van der Waals surface area contributed by atoms with Crippen molar-refractivity contribution >= 4 is 0 Å². The van der Waals surface area contributed by atoms with Gasteiger partial charge in [0.05, 0.1) is 6.61 Å². The molecule has 0 fully saturated rings. The second-order valence-corrected chi connectivity index (χ2v) is 6.39. The number of hydrogen-bond acceptors (Lipinski definition) is 3. The monoisotopic (exact) mass is 300 g/mol. The van der Waals surface area contributed by atoms with Crippen LogP contribution in [-0.4, -0.2) is 36.9 Å². The lowest BCUT2D eigenvalue weighted by molar-refractivity contribution is 0.251. The van der Waals surface area contributed by atoms with Gasteiger partial charge in [-0.2, -0.15) is 0 Å². The van der Waals surface area contributed by atoms with Crippen molar-refractivity contribution in [3.63, 3.8) is 0 Å². The van der Waals surface area contributed by atoms with Crippen LogP contribution in [0.15, 0.2) is 0 Å². The summed E-state index contributed by atoms with van der Waals surface area (Å²) >= 11 is 0. The summed E-state index contributed by atoms with van der Waals surface area (Å²) in [5.74, 6) is 0. The zero-order valence-electron chi connectivity index (χ0n) is 14.8. The first-order valence-electron chi connectivity index (χ1n) is 9.32. The third-order valence-electron chi connectivity index (χ3n) is 4.14. The molecule has 0 rings (SSSR count). The molecule has 0 spiro atoms. The standard InChI is InChI=1S/C18H40N2O/c1-4-6-8-9-11-13-18(12-10-7-5-2)20-15-14-19-17(3)16-21/h17-21H,4-16H2,1-3H3/t17-,18?/m0/s1. The number of nitrogens with one attached hydrogen (secondary N) is 2. The molecule has 0 heterocycles. The van der Waals surface area contributed by atoms with Crippen LogP contribution in [0.4, 0.5) is 0 Å². The van der Waals surface area contributed by atoms with Gasteiger partial charge in [-0.05, 0) is 19.8 Å². The highest BCUT2D eigenvalue weighted by Gasteiger charge is 2.07. The van der Waals surface area contributed by atoms with Crippen LogP contribution in [-0.2, 0) is 0 Å². The Morgan fingerprint density at radius 2 is 1.29 bits per heavy atom. The van der Waals surface area contributed by atoms with Crippen LogP contribution in [0.1, 0.15) is 85.0 Å². The molecule has 0 aromatic rings. The van der Waals surface area contributed by atoms with Gasteiger partial charge in [-0.15, -0.1) is 0 Å². The predicted molar refractivity (Wildman–Crippen MR) is 93.9 cm³/mol. The van der Waals surface area contributed by atoms with Crippen LogP contribution in [0.25, 0.3) is 0 Å². The Hall–Kier alpha value is -0.120. The Morgan fingerprint density at radius 3 is 1.90 bits per heavy atom. The molecule has 0 saturated carbocycles. The molecular formula is C18H40N2O. The Bertz CT molecular complexity index is 200. The van der Waals surface area contributed by atoms with Crippen LogP contribution in [0.3, 0.4) is 0 Å². The fraction of sp³-hybridized carbons (Fsp3) is 1.00. The molecule has 128 valence electrons. The van der Waals surface area contributed by atoms with Gasteiger partial charge in [0.2, 0.25) is 0 Å². The van der Waals surface area contributed by atoms with Crippen molar-refractivity contribution in [1.82, 2.24) is 10.6 Å². The number of aliphatic hydroxyl groups excluding tert-OH is 1. The molecule has 1 unspecified atom stereocenters. The summed E-state index contributed by atoms with van der Waals surface area (Å²) in [5, 5.41) is 16.0. The normalized spacial score (nSPS) is 14.3. The van der Waals surface area contributed by atoms with Gasteiger partial charge in [-0.3, -0.25) is 0 Å². The Morgan fingerprint density at radius 1 is 0.762 bits per heavy atom. The quantitative estimate of drug-likeness (QED) is 0.379. The van der Waals surface area contributed by atoms with Gasteiger partial charge in [-0.1, -0.05) is 65.2 Å². The van der Waals surface area contributed by atoms with Crippen molar-refractivity contribution in [3.8, 4) is 0 Å². The van der Waals surface area contributed by atoms with Gasteiger partial charge in [0, 0.05) is 25.2 Å². The van der Waals surface area contributed by atoms with E-state index < -0.39 is 0 Å². The van der Waals surface area contributed by atoms with E-state index in [0.29, 0.717) is 6.04 Å². The summed E-state index contributed by atoms with van der Waals surface area (Å²) in [5.41, 5.74) is 0. The average molecular weight is 301 g/mol. The van der Waals surface area contributed by atoms with E-state index >= 15 is 0 Å². The molecular weight excluding hydrogens is 260 g/mol. The highest BCUT2D eigenvalue weighted by atomic mass is 16.3. The van der Waals surface area contributed by atoms with Crippen molar-refractivity contribution in [2.45, 2.75) is 97.1 Å². The molecule has 0 radical (unpaired) electrons. The summed E-state index contributed by atoms with van der Waals surface area (Å²) in [7, 11) is 0. The lowest BCUT2D eigenvalue weighted by atomic mass is 10.0. The second-order valence-electron chi connectivity index (χ2n) is 6.39. The first-order valence-corrected chi connectivity index (χ1v) is 9.32. The van der Waals surface area contributed by atoms with E-state index in [2.05, 4.69) is 24.5 Å². The summed E-state index contributed by atoms with van der Waals surface area (Å²) in [4.78, 5) is 0. The van der Waals surface area contributed by atoms with E-state index in [1.165, 1.54) is 64.2 Å². The van der Waals surface area contributed by atoms with Crippen LogP contribution < -0.4 is 10.6 Å². The molecule has 3 nitrogen and oxygen atoms in total. The highest BCUT2D eigenvalue weighted by Crippen LogP contribution is 2.12. The zero-order valence-corrected chi connectivity index (χ0v) is 14.8. The lowest BCUT2D eigenvalue weighted by Crippen LogP contribution is -2.39. The molecule has 0 saturated heterocycles. The van der Waals surface area contributed by atoms with Gasteiger partial charge < -0.3 is 15.7 Å². The molecule has 2 atom stereocenters. The number of unbranched alkanes of at least 4 members (excludes halogenated alkanes) is 6. The second kappa shape index (κ2) is 16.3. The van der Waals surface area contributed by atoms with E-state index in [9.17, 15) is 0 Å². The molecule has 0 aliphatic rings. The molecule has 21 heavy (non-hydrogen) atoms. The molecule has 0 bridgehead atoms. The fourth-order valence-corrected chi connectivity index (χ4v) is 2.64. The largest absolute Gasteiger partial charge is 0.395 e. The topological polar surface area (TPSA) is 44.3 Å². The first-order chi connectivity index (χ1) is 10.2. The third-order valence-corrected chi connectivity index (χ3v) is 4.14. The van der Waals surface area contributed by atoms with Crippen molar-refractivity contribution in [2.24, 2.45) is 0 Å². The van der Waals surface area contributed by atoms with Crippen LogP contribution in [0.2, 0.25) is 0 Å². The molecule has 0 aromatic heterocycles. The summed E-state index contributed by atoms with van der Waals surface area (Å²) in [6, 6.07) is 0.892. The van der Waals surface area contributed by atoms with E-state index in [-0.39, 0.29) is 12.6 Å². The molecule has 0 aliphatic carbocycles. The minimum absolute atomic E-state index is 0.208. The zero-order chi connectivity index (χ0) is 15.8. The fourth-order valence-electron chi connectivity index (χ4n) is 2.64. The van der Waals surface area contributed by atoms with Crippen LogP contribution in [0, 0.1) is 0 Å². The number of aliphatic hydroxyl groups is 1. The van der Waals surface area contributed by atoms with Crippen LogP contribution in [0.5, 0.6) is 0 Å². The Balaban J connectivity index is 3.74. The SMILES string of the molecule is CCCCCCCC(CCCCC)NCCN[C@@H](C)CO. The van der Waals surface area contributed by atoms with Crippen molar-refractivity contribution in [3.05, 3.63) is 0 Å². The minimum Gasteiger partial charge on any atom is -0.395 e. The highest BCUT2D eigenvalue weighted by molar-refractivity contribution is 4.69. The van der Waals surface area contributed by atoms with Gasteiger partial charge in [0.1, 0.15) is 0 Å². The number of rotatable bonds is 16. The Labute approximate surface area is 133 Å². The van der Waals surface area contributed by atoms with Gasteiger partial charge >= 0.3 is 0 Å². The molecule has 3 N–H and O–H groups in total. The van der Waals surface area contributed by atoms with E-state index in [1.807, 2.05) is 6.92 Å². The average Bonchev–Trinajstić information content (AvgIpc) is 2.50. The van der Waals surface area contributed by atoms with Crippen LogP contribution >= 0.6 is 0 Å². The maximum Gasteiger partial charge on any atom is 0.0581 e. The summed E-state index contributed by atoms with van der Waals surface area (Å²) in [6.45, 7) is 8.74. The van der Waals surface area contributed by atoms with E-state index in [1.54, 1.807) is 0 Å². The van der Waals surface area contributed by atoms with E-state index in [4.69, 9.17) is 5.11 Å². The maximum atomic E-state index is 8.99. The van der Waals surface area contributed by atoms with Gasteiger partial charge in [0.25, 0.3) is 0 Å². The van der Waals surface area contributed by atoms with Crippen molar-refractivity contribution in [1.29, 1.82) is 0 Å². The lowest BCUT2D eigenvalue weighted by Gasteiger charge is -2.20. The van der Waals surface area contributed by atoms with Gasteiger partial charge in [-0.25, -0.2) is 0 Å².